The van der Waals surface area contributed by atoms with E-state index < -0.39 is 28.7 Å². The van der Waals surface area contributed by atoms with Gasteiger partial charge in [0.05, 0.1) is 21.3 Å². The predicted octanol–water partition coefficient (Wildman–Crippen LogP) is 2.49. The molecule has 8 nitrogen and oxygen atoms in total. The lowest BCUT2D eigenvalue weighted by atomic mass is 9.72. The van der Waals surface area contributed by atoms with Crippen LogP contribution in [0.5, 0.6) is 0 Å². The van der Waals surface area contributed by atoms with E-state index in [1.54, 1.807) is 24.3 Å². The van der Waals surface area contributed by atoms with Gasteiger partial charge in [0.2, 0.25) is 0 Å². The van der Waals surface area contributed by atoms with Crippen LogP contribution in [0.25, 0.3) is 0 Å². The van der Waals surface area contributed by atoms with Gasteiger partial charge < -0.3 is 14.2 Å². The van der Waals surface area contributed by atoms with Crippen molar-refractivity contribution in [1.82, 2.24) is 0 Å². The molecule has 1 saturated carbocycles. The number of hydrogen-bond donors (Lipinski definition) is 0. The third-order valence-electron chi connectivity index (χ3n) is 6.43. The molecule has 31 heavy (non-hydrogen) atoms. The lowest BCUT2D eigenvalue weighted by Gasteiger charge is -2.30. The maximum atomic E-state index is 12.7. The molecule has 2 atom stereocenters. The Bertz CT molecular complexity index is 777. The lowest BCUT2D eigenvalue weighted by molar-refractivity contribution is -0.170. The zero-order chi connectivity index (χ0) is 23.1. The van der Waals surface area contributed by atoms with Gasteiger partial charge in [-0.15, -0.1) is 0 Å². The second-order valence-electron chi connectivity index (χ2n) is 8.01. The minimum atomic E-state index is -1.53. The van der Waals surface area contributed by atoms with Gasteiger partial charge in [-0.3, -0.25) is 24.0 Å². The van der Waals surface area contributed by atoms with E-state index in [-0.39, 0.29) is 62.4 Å². The molecule has 170 valence electrons. The molecule has 2 aliphatic carbocycles. The van der Waals surface area contributed by atoms with E-state index in [4.69, 9.17) is 14.2 Å². The van der Waals surface area contributed by atoms with Crippen molar-refractivity contribution in [3.8, 4) is 0 Å². The van der Waals surface area contributed by atoms with Crippen LogP contribution in [-0.4, -0.2) is 50.8 Å². The Morgan fingerprint density at radius 1 is 0.871 bits per heavy atom. The summed E-state index contributed by atoms with van der Waals surface area (Å²) in [6, 6.07) is 0. The van der Waals surface area contributed by atoms with E-state index >= 15 is 0 Å². The van der Waals surface area contributed by atoms with Gasteiger partial charge in [-0.05, 0) is 32.1 Å². The van der Waals surface area contributed by atoms with Crippen molar-refractivity contribution in [3.05, 3.63) is 24.3 Å². The van der Waals surface area contributed by atoms with Gasteiger partial charge in [0.15, 0.2) is 11.2 Å². The summed E-state index contributed by atoms with van der Waals surface area (Å²) in [7, 11) is 3.66. The largest absolute Gasteiger partial charge is 0.468 e. The smallest absolute Gasteiger partial charge is 0.323 e. The molecule has 0 spiro atoms. The first kappa shape index (κ1) is 24.5. The average molecular weight is 434 g/mol. The highest BCUT2D eigenvalue weighted by molar-refractivity contribution is 6.06. The Morgan fingerprint density at radius 3 is 2.13 bits per heavy atom. The molecule has 8 heteroatoms. The maximum Gasteiger partial charge on any atom is 0.323 e. The van der Waals surface area contributed by atoms with Crippen LogP contribution < -0.4 is 0 Å². The van der Waals surface area contributed by atoms with Crippen LogP contribution in [0.4, 0.5) is 0 Å². The summed E-state index contributed by atoms with van der Waals surface area (Å²) < 4.78 is 14.7. The third kappa shape index (κ3) is 4.78. The zero-order valence-corrected chi connectivity index (χ0v) is 18.3. The van der Waals surface area contributed by atoms with Gasteiger partial charge in [-0.1, -0.05) is 24.3 Å². The van der Waals surface area contributed by atoms with Gasteiger partial charge in [0, 0.05) is 25.2 Å². The monoisotopic (exact) mass is 434 g/mol. The number of carbonyl (C=O) groups excluding carboxylic acids is 5. The summed E-state index contributed by atoms with van der Waals surface area (Å²) in [6.07, 6.45) is 8.08. The Hall–Kier alpha value is -2.77. The van der Waals surface area contributed by atoms with Gasteiger partial charge in [-0.25, -0.2) is 0 Å². The molecule has 2 rings (SSSR count). The summed E-state index contributed by atoms with van der Waals surface area (Å²) >= 11 is 0. The Labute approximate surface area is 182 Å². The Morgan fingerprint density at radius 2 is 1.52 bits per heavy atom. The van der Waals surface area contributed by atoms with Crippen molar-refractivity contribution in [2.24, 2.45) is 16.7 Å². The number of methoxy groups -OCH3 is 3. The summed E-state index contributed by atoms with van der Waals surface area (Å²) in [6.45, 7) is 0. The molecule has 0 aliphatic heterocycles. The molecular formula is C23H30O8. The van der Waals surface area contributed by atoms with Crippen molar-refractivity contribution >= 4 is 29.5 Å². The number of allylic oxidation sites excluding steroid dienone is 4. The van der Waals surface area contributed by atoms with E-state index in [1.165, 1.54) is 21.3 Å². The molecule has 0 amide bonds. The van der Waals surface area contributed by atoms with E-state index in [1.807, 2.05) is 0 Å². The SMILES string of the molecule is COC(=O)C1(C(=O)OC)C/C=C/C=C/[C@@H]2CCC(=O)[C@@]2(C(=O)OC)CCC(=O)CCC1. The van der Waals surface area contributed by atoms with Crippen molar-refractivity contribution in [2.75, 3.05) is 21.3 Å². The zero-order valence-electron chi connectivity index (χ0n) is 18.3. The van der Waals surface area contributed by atoms with Crippen molar-refractivity contribution in [2.45, 2.75) is 51.4 Å². The molecule has 0 unspecified atom stereocenters. The standard InChI is InChI=1S/C23H30O8/c1-29-19(26)22(20(27)30-2)13-6-4-5-8-16-10-11-18(25)23(16,21(28)31-3)15-12-17(24)9-7-14-22/h4-6,8,16H,7,9-15H2,1-3H3/b6-4+,8-5+/t16-,23-/m1/s1. The molecular weight excluding hydrogens is 404 g/mol. The summed E-state index contributed by atoms with van der Waals surface area (Å²) in [5, 5.41) is 0. The fourth-order valence-electron chi connectivity index (χ4n) is 4.64. The molecule has 2 aliphatic rings. The molecule has 0 radical (unpaired) electrons. The van der Waals surface area contributed by atoms with Crippen LogP contribution in [0, 0.1) is 16.7 Å². The lowest BCUT2D eigenvalue weighted by Crippen LogP contribution is -2.42. The number of carbonyl (C=O) groups is 5. The number of esters is 3. The van der Waals surface area contributed by atoms with Crippen LogP contribution >= 0.6 is 0 Å². The first-order valence-electron chi connectivity index (χ1n) is 10.4. The number of ketones is 2. The maximum absolute atomic E-state index is 12.7. The van der Waals surface area contributed by atoms with Crippen molar-refractivity contribution < 1.29 is 38.2 Å². The quantitative estimate of drug-likeness (QED) is 0.378. The Balaban J connectivity index is 2.42. The van der Waals surface area contributed by atoms with Crippen LogP contribution in [0.1, 0.15) is 51.4 Å². The van der Waals surface area contributed by atoms with E-state index in [2.05, 4.69) is 0 Å². The molecule has 0 aromatic heterocycles. The number of hydrogen-bond acceptors (Lipinski definition) is 8. The van der Waals surface area contributed by atoms with Gasteiger partial charge in [0.1, 0.15) is 11.2 Å². The molecule has 0 saturated heterocycles. The summed E-state index contributed by atoms with van der Waals surface area (Å²) in [5.74, 6) is -2.77. The predicted molar refractivity (Wildman–Crippen MR) is 110 cm³/mol. The Kier molecular flexibility index (Phi) is 8.30. The number of Topliss-reactive ketones (excluding diaryl/α,β-unsaturated/α-hetero) is 2. The highest BCUT2D eigenvalue weighted by atomic mass is 16.5. The van der Waals surface area contributed by atoms with Gasteiger partial charge in [0.25, 0.3) is 0 Å². The third-order valence-corrected chi connectivity index (χ3v) is 6.43. The number of rotatable bonds is 3. The minimum Gasteiger partial charge on any atom is -0.468 e. The molecule has 0 aromatic carbocycles. The fraction of sp³-hybridized carbons (Fsp3) is 0.609. The van der Waals surface area contributed by atoms with Crippen LogP contribution in [0.2, 0.25) is 0 Å². The molecule has 0 bridgehead atoms. The normalized spacial score (nSPS) is 28.5. The van der Waals surface area contributed by atoms with Gasteiger partial charge in [-0.2, -0.15) is 0 Å². The number of ether oxygens (including phenoxy) is 3. The van der Waals surface area contributed by atoms with Crippen LogP contribution in [0.15, 0.2) is 24.3 Å². The highest BCUT2D eigenvalue weighted by Gasteiger charge is 2.55. The highest BCUT2D eigenvalue weighted by Crippen LogP contribution is 2.46. The number of fused-ring (bicyclic) bond motifs is 1. The van der Waals surface area contributed by atoms with Crippen molar-refractivity contribution in [1.29, 1.82) is 0 Å². The summed E-state index contributed by atoms with van der Waals surface area (Å²) in [5.41, 5.74) is -2.88. The van der Waals surface area contributed by atoms with Crippen molar-refractivity contribution in [3.63, 3.8) is 0 Å². The van der Waals surface area contributed by atoms with Crippen LogP contribution in [-0.2, 0) is 38.2 Å². The second kappa shape index (κ2) is 10.5. The first-order valence-corrected chi connectivity index (χ1v) is 10.4. The van der Waals surface area contributed by atoms with Crippen LogP contribution in [0.3, 0.4) is 0 Å². The topological polar surface area (TPSA) is 113 Å². The molecule has 1 fully saturated rings. The molecule has 0 aromatic rings. The minimum absolute atomic E-state index is 0.0322. The first-order chi connectivity index (χ1) is 14.8. The summed E-state index contributed by atoms with van der Waals surface area (Å²) in [4.78, 5) is 62.9. The van der Waals surface area contributed by atoms with E-state index in [0.717, 1.165) is 0 Å². The van der Waals surface area contributed by atoms with E-state index in [9.17, 15) is 24.0 Å². The molecule has 0 heterocycles. The van der Waals surface area contributed by atoms with E-state index in [0.29, 0.717) is 6.42 Å². The fourth-order valence-corrected chi connectivity index (χ4v) is 4.64. The second-order valence-corrected chi connectivity index (χ2v) is 8.01. The molecule has 0 N–H and O–H groups in total. The van der Waals surface area contributed by atoms with Gasteiger partial charge >= 0.3 is 17.9 Å². The average Bonchev–Trinajstić information content (AvgIpc) is 3.10.